The van der Waals surface area contributed by atoms with E-state index in [0.29, 0.717) is 4.78 Å². The van der Waals surface area contributed by atoms with Crippen molar-refractivity contribution in [3.8, 4) is 0 Å². The number of thiophene rings is 1. The highest BCUT2D eigenvalue weighted by molar-refractivity contribution is 7.22. The van der Waals surface area contributed by atoms with Crippen molar-refractivity contribution in [3.05, 3.63) is 17.0 Å². The maximum Gasteiger partial charge on any atom is 0.499 e. The predicted octanol–water partition coefficient (Wildman–Crippen LogP) is -0.519. The molecule has 1 atom stereocenters. The van der Waals surface area contributed by atoms with Crippen LogP contribution < -0.4 is 4.78 Å². The first-order chi connectivity index (χ1) is 5.11. The molecule has 0 bridgehead atoms. The van der Waals surface area contributed by atoms with Crippen LogP contribution in [0.15, 0.2) is 12.1 Å². The molecule has 0 saturated carbocycles. The van der Waals surface area contributed by atoms with Crippen molar-refractivity contribution in [2.75, 3.05) is 0 Å². The van der Waals surface area contributed by atoms with Crippen LogP contribution in [0.1, 0.15) is 17.9 Å². The molecule has 0 radical (unpaired) electrons. The average Bonchev–Trinajstić information content (AvgIpc) is 2.33. The van der Waals surface area contributed by atoms with Gasteiger partial charge in [0, 0.05) is 9.65 Å². The summed E-state index contributed by atoms with van der Waals surface area (Å²) in [5.41, 5.74) is 0. The van der Waals surface area contributed by atoms with Gasteiger partial charge in [-0.2, -0.15) is 0 Å². The van der Waals surface area contributed by atoms with Crippen LogP contribution in [0, 0.1) is 0 Å². The Morgan fingerprint density at radius 1 is 1.45 bits per heavy atom. The van der Waals surface area contributed by atoms with Gasteiger partial charge in [-0.15, -0.1) is 11.3 Å². The van der Waals surface area contributed by atoms with Crippen LogP contribution in [0.4, 0.5) is 0 Å². The fourth-order valence-electron chi connectivity index (χ4n) is 0.732. The third-order valence-corrected chi connectivity index (χ3v) is 2.61. The fourth-order valence-corrected chi connectivity index (χ4v) is 1.55. The van der Waals surface area contributed by atoms with Gasteiger partial charge in [-0.3, -0.25) is 0 Å². The summed E-state index contributed by atoms with van der Waals surface area (Å²) in [7, 11) is -1.42. The second-order valence-corrected chi connectivity index (χ2v) is 3.44. The van der Waals surface area contributed by atoms with Crippen molar-refractivity contribution < 1.29 is 15.2 Å². The van der Waals surface area contributed by atoms with Gasteiger partial charge in [0.05, 0.1) is 6.10 Å². The largest absolute Gasteiger partial charge is 0.499 e. The molecule has 0 aliphatic carbocycles. The molecule has 1 heterocycles. The minimum atomic E-state index is -1.42. The summed E-state index contributed by atoms with van der Waals surface area (Å²) in [5.74, 6) is 0. The molecule has 1 aromatic rings. The molecule has 3 N–H and O–H groups in total. The Hall–Kier alpha value is -0.355. The Labute approximate surface area is 69.1 Å². The Morgan fingerprint density at radius 2 is 2.09 bits per heavy atom. The van der Waals surface area contributed by atoms with E-state index >= 15 is 0 Å². The second-order valence-electron chi connectivity index (χ2n) is 2.29. The lowest BCUT2D eigenvalue weighted by Crippen LogP contribution is -2.26. The van der Waals surface area contributed by atoms with E-state index in [9.17, 15) is 0 Å². The van der Waals surface area contributed by atoms with Crippen molar-refractivity contribution in [1.29, 1.82) is 0 Å². The summed E-state index contributed by atoms with van der Waals surface area (Å²) in [6.07, 6.45) is -0.535. The van der Waals surface area contributed by atoms with E-state index in [0.717, 1.165) is 4.88 Å². The number of rotatable bonds is 2. The standard InChI is InChI=1S/C6H9BO3S/c1-4(8)5-2-3-6(11-5)7(9)10/h2-4,8-10H,1H3. The van der Waals surface area contributed by atoms with E-state index < -0.39 is 13.2 Å². The Balaban J connectivity index is 2.82. The molecule has 0 saturated heterocycles. The van der Waals surface area contributed by atoms with Gasteiger partial charge in [0.1, 0.15) is 0 Å². The molecular formula is C6H9BO3S. The van der Waals surface area contributed by atoms with Crippen LogP contribution in [0.3, 0.4) is 0 Å². The van der Waals surface area contributed by atoms with Gasteiger partial charge in [-0.05, 0) is 13.0 Å². The van der Waals surface area contributed by atoms with Crippen molar-refractivity contribution in [2.24, 2.45) is 0 Å². The molecule has 1 aromatic heterocycles. The van der Waals surface area contributed by atoms with Gasteiger partial charge in [0.25, 0.3) is 0 Å². The van der Waals surface area contributed by atoms with Gasteiger partial charge >= 0.3 is 7.12 Å². The highest BCUT2D eigenvalue weighted by Crippen LogP contribution is 2.16. The van der Waals surface area contributed by atoms with E-state index in [1.165, 1.54) is 11.3 Å². The van der Waals surface area contributed by atoms with E-state index in [2.05, 4.69) is 0 Å². The van der Waals surface area contributed by atoms with Gasteiger partial charge in [0.15, 0.2) is 0 Å². The molecule has 0 spiro atoms. The van der Waals surface area contributed by atoms with Crippen LogP contribution in [0.5, 0.6) is 0 Å². The molecule has 0 aliphatic rings. The molecule has 3 nitrogen and oxygen atoms in total. The highest BCUT2D eigenvalue weighted by atomic mass is 32.1. The fraction of sp³-hybridized carbons (Fsp3) is 0.333. The molecule has 60 valence electrons. The van der Waals surface area contributed by atoms with Gasteiger partial charge < -0.3 is 15.2 Å². The molecule has 5 heteroatoms. The number of aliphatic hydroxyl groups is 1. The Bertz CT molecular complexity index is 211. The quantitative estimate of drug-likeness (QED) is 0.526. The number of hydrogen-bond acceptors (Lipinski definition) is 4. The number of aliphatic hydroxyl groups excluding tert-OH is 1. The van der Waals surface area contributed by atoms with Crippen LogP contribution in [-0.2, 0) is 0 Å². The normalized spacial score (nSPS) is 13.1. The third-order valence-electron chi connectivity index (χ3n) is 1.31. The zero-order chi connectivity index (χ0) is 8.43. The van der Waals surface area contributed by atoms with Crippen LogP contribution in [0.25, 0.3) is 0 Å². The monoisotopic (exact) mass is 172 g/mol. The zero-order valence-corrected chi connectivity index (χ0v) is 6.88. The zero-order valence-electron chi connectivity index (χ0n) is 6.06. The van der Waals surface area contributed by atoms with E-state index in [1.807, 2.05) is 0 Å². The molecule has 0 aliphatic heterocycles. The first kappa shape index (κ1) is 8.74. The minimum Gasteiger partial charge on any atom is -0.423 e. The van der Waals surface area contributed by atoms with Crippen LogP contribution >= 0.6 is 11.3 Å². The lowest BCUT2D eigenvalue weighted by atomic mass is 9.90. The molecule has 11 heavy (non-hydrogen) atoms. The lowest BCUT2D eigenvalue weighted by molar-refractivity contribution is 0.203. The Morgan fingerprint density at radius 3 is 2.36 bits per heavy atom. The Kier molecular flexibility index (Phi) is 2.67. The topological polar surface area (TPSA) is 60.7 Å². The van der Waals surface area contributed by atoms with Crippen molar-refractivity contribution in [1.82, 2.24) is 0 Å². The van der Waals surface area contributed by atoms with Gasteiger partial charge in [-0.1, -0.05) is 6.07 Å². The van der Waals surface area contributed by atoms with E-state index in [-0.39, 0.29) is 0 Å². The SMILES string of the molecule is CC(O)c1ccc(B(O)O)s1. The maximum atomic E-state index is 9.07. The molecule has 0 aromatic carbocycles. The van der Waals surface area contributed by atoms with Gasteiger partial charge in [0.2, 0.25) is 0 Å². The number of hydrogen-bond donors (Lipinski definition) is 3. The first-order valence-corrected chi connectivity index (χ1v) is 4.06. The van der Waals surface area contributed by atoms with Crippen LogP contribution in [-0.4, -0.2) is 22.3 Å². The summed E-state index contributed by atoms with van der Waals surface area (Å²) in [6.45, 7) is 1.64. The summed E-state index contributed by atoms with van der Waals surface area (Å²) in [6, 6.07) is 3.28. The summed E-state index contributed by atoms with van der Waals surface area (Å²) in [5, 5.41) is 26.5. The second kappa shape index (κ2) is 3.36. The first-order valence-electron chi connectivity index (χ1n) is 3.25. The third kappa shape index (κ3) is 2.03. The van der Waals surface area contributed by atoms with Crippen molar-refractivity contribution >= 4 is 23.2 Å². The van der Waals surface area contributed by atoms with Crippen LogP contribution in [0.2, 0.25) is 0 Å². The highest BCUT2D eigenvalue weighted by Gasteiger charge is 2.14. The molecule has 0 fully saturated rings. The summed E-state index contributed by atoms with van der Waals surface area (Å²) >= 11 is 1.20. The van der Waals surface area contributed by atoms with E-state index in [4.69, 9.17) is 15.2 Å². The molecule has 0 amide bonds. The smallest absolute Gasteiger partial charge is 0.423 e. The molecule has 1 rings (SSSR count). The van der Waals surface area contributed by atoms with E-state index in [1.54, 1.807) is 19.1 Å². The maximum absolute atomic E-state index is 9.07. The molecule has 1 unspecified atom stereocenters. The minimum absolute atomic E-state index is 0.459. The summed E-state index contributed by atoms with van der Waals surface area (Å²) < 4.78 is 0.459. The molecular weight excluding hydrogens is 163 g/mol. The predicted molar refractivity (Wildman–Crippen MR) is 44.8 cm³/mol. The van der Waals surface area contributed by atoms with Crippen molar-refractivity contribution in [3.63, 3.8) is 0 Å². The average molecular weight is 172 g/mol. The summed E-state index contributed by atoms with van der Waals surface area (Å²) in [4.78, 5) is 0.744. The lowest BCUT2D eigenvalue weighted by Gasteiger charge is -1.96. The van der Waals surface area contributed by atoms with Gasteiger partial charge in [-0.25, -0.2) is 0 Å². The van der Waals surface area contributed by atoms with Crippen molar-refractivity contribution in [2.45, 2.75) is 13.0 Å².